The van der Waals surface area contributed by atoms with Crippen LogP contribution in [0.25, 0.3) is 0 Å². The second-order valence-corrected chi connectivity index (χ2v) is 8.22. The van der Waals surface area contributed by atoms with Crippen molar-refractivity contribution >= 4 is 5.69 Å². The second-order valence-electron chi connectivity index (χ2n) is 8.22. The third kappa shape index (κ3) is 1.98. The van der Waals surface area contributed by atoms with Crippen LogP contribution in [0, 0.1) is 5.92 Å². The number of piperidine rings is 1. The van der Waals surface area contributed by atoms with Gasteiger partial charge in [-0.25, -0.2) is 0 Å². The molecule has 2 N–H and O–H groups in total. The number of hydrogen-bond acceptors (Lipinski definition) is 3. The predicted molar refractivity (Wildman–Crippen MR) is 93.3 cm³/mol. The van der Waals surface area contributed by atoms with Crippen LogP contribution in [-0.4, -0.2) is 30.8 Å². The first-order valence-corrected chi connectivity index (χ1v) is 9.63. The number of phenolic OH excluding ortho intramolecular Hbond substituents is 1. The van der Waals surface area contributed by atoms with Crippen molar-refractivity contribution in [2.24, 2.45) is 5.92 Å². The summed E-state index contributed by atoms with van der Waals surface area (Å²) in [4.78, 5) is 2.38. The van der Waals surface area contributed by atoms with Gasteiger partial charge in [0.1, 0.15) is 5.75 Å². The number of nitrogens with zero attached hydrogens (tertiary/aromatic N) is 1. The highest BCUT2D eigenvalue weighted by molar-refractivity contribution is 5.64. The van der Waals surface area contributed by atoms with Gasteiger partial charge < -0.3 is 15.3 Å². The van der Waals surface area contributed by atoms with Crippen LogP contribution in [0.15, 0.2) is 12.1 Å². The molecule has 2 saturated heterocycles. The van der Waals surface area contributed by atoms with Crippen LogP contribution in [0.1, 0.15) is 56.1 Å². The maximum Gasteiger partial charge on any atom is 0.139 e. The van der Waals surface area contributed by atoms with Gasteiger partial charge in [-0.1, -0.05) is 12.8 Å². The van der Waals surface area contributed by atoms with Gasteiger partial charge in [0.25, 0.3) is 0 Å². The van der Waals surface area contributed by atoms with Gasteiger partial charge in [-0.05, 0) is 74.2 Å². The van der Waals surface area contributed by atoms with E-state index in [4.69, 9.17) is 0 Å². The van der Waals surface area contributed by atoms with Crippen molar-refractivity contribution < 1.29 is 5.11 Å². The van der Waals surface area contributed by atoms with Crippen LogP contribution in [0.4, 0.5) is 5.69 Å². The van der Waals surface area contributed by atoms with E-state index in [9.17, 15) is 5.11 Å². The van der Waals surface area contributed by atoms with E-state index >= 15 is 0 Å². The highest BCUT2D eigenvalue weighted by Crippen LogP contribution is 2.55. The first-order chi connectivity index (χ1) is 11.3. The monoisotopic (exact) mass is 312 g/mol. The average molecular weight is 312 g/mol. The van der Waals surface area contributed by atoms with Gasteiger partial charge in [-0.2, -0.15) is 0 Å². The van der Waals surface area contributed by atoms with Crippen LogP contribution in [0.5, 0.6) is 5.75 Å². The summed E-state index contributed by atoms with van der Waals surface area (Å²) < 4.78 is 0. The smallest absolute Gasteiger partial charge is 0.139 e. The third-order valence-electron chi connectivity index (χ3n) is 7.18. The maximum atomic E-state index is 10.8. The lowest BCUT2D eigenvalue weighted by Gasteiger charge is -2.56. The molecule has 3 heteroatoms. The number of benzene rings is 1. The van der Waals surface area contributed by atoms with Crippen molar-refractivity contribution in [3.63, 3.8) is 0 Å². The topological polar surface area (TPSA) is 35.5 Å². The van der Waals surface area contributed by atoms with E-state index in [0.29, 0.717) is 17.2 Å². The fraction of sp³-hybridized carbons (Fsp3) is 0.700. The molecule has 1 aromatic rings. The van der Waals surface area contributed by atoms with Crippen molar-refractivity contribution in [1.29, 1.82) is 0 Å². The third-order valence-corrected chi connectivity index (χ3v) is 7.18. The van der Waals surface area contributed by atoms with E-state index in [1.807, 2.05) is 0 Å². The highest BCUT2D eigenvalue weighted by atomic mass is 16.3. The molecule has 0 amide bonds. The molecule has 124 valence electrons. The molecule has 3 fully saturated rings. The molecule has 0 spiro atoms. The van der Waals surface area contributed by atoms with Gasteiger partial charge in [-0.15, -0.1) is 0 Å². The summed E-state index contributed by atoms with van der Waals surface area (Å²) in [5.74, 6) is 1.32. The number of hydrogen-bond donors (Lipinski definition) is 2. The molecule has 23 heavy (non-hydrogen) atoms. The molecule has 0 radical (unpaired) electrons. The molecule has 2 aliphatic heterocycles. The molecule has 5 rings (SSSR count). The Morgan fingerprint density at radius 2 is 1.96 bits per heavy atom. The van der Waals surface area contributed by atoms with Crippen molar-refractivity contribution in [1.82, 2.24) is 5.32 Å². The fourth-order valence-electron chi connectivity index (χ4n) is 6.17. The Morgan fingerprint density at radius 3 is 2.83 bits per heavy atom. The quantitative estimate of drug-likeness (QED) is 0.835. The zero-order valence-electron chi connectivity index (χ0n) is 14.0. The zero-order chi connectivity index (χ0) is 15.4. The van der Waals surface area contributed by atoms with Crippen LogP contribution in [0.2, 0.25) is 0 Å². The molecule has 4 aliphatic rings. The number of fused-ring (bicyclic) bond motifs is 1. The number of nitrogens with one attached hydrogen (secondary N) is 1. The van der Waals surface area contributed by atoms with Gasteiger partial charge in [0, 0.05) is 24.5 Å². The Labute approximate surface area is 139 Å². The Hall–Kier alpha value is -1.22. The normalized spacial score (nSPS) is 35.7. The SMILES string of the molecule is Oc1cc2c(cc1N1CCCC1)C[C@H]1NCC[C@@]23CCCC[C@@H]13. The summed E-state index contributed by atoms with van der Waals surface area (Å²) in [7, 11) is 0. The Bertz CT molecular complexity index is 618. The summed E-state index contributed by atoms with van der Waals surface area (Å²) in [6, 6.07) is 5.17. The summed E-state index contributed by atoms with van der Waals surface area (Å²) in [6.45, 7) is 3.35. The summed E-state index contributed by atoms with van der Waals surface area (Å²) in [5, 5.41) is 14.6. The average Bonchev–Trinajstić information content (AvgIpc) is 3.09. The molecule has 3 nitrogen and oxygen atoms in total. The van der Waals surface area contributed by atoms with Crippen molar-refractivity contribution in [2.75, 3.05) is 24.5 Å². The minimum Gasteiger partial charge on any atom is -0.506 e. The van der Waals surface area contributed by atoms with E-state index < -0.39 is 0 Å². The summed E-state index contributed by atoms with van der Waals surface area (Å²) >= 11 is 0. The first kappa shape index (κ1) is 14.2. The standard InChI is InChI=1S/C20H28N2O/c23-19-13-16-14(12-18(19)22-9-3-4-10-22)11-17-15-5-1-2-6-20(15,16)7-8-21-17/h12-13,15,17,21,23H,1-11H2/t15-,17+,20+/m0/s1. The number of phenols is 1. The Kier molecular flexibility index (Phi) is 3.16. The van der Waals surface area contributed by atoms with Gasteiger partial charge in [0.15, 0.2) is 0 Å². The van der Waals surface area contributed by atoms with Gasteiger partial charge in [0.05, 0.1) is 5.69 Å². The van der Waals surface area contributed by atoms with E-state index in [1.54, 1.807) is 0 Å². The molecule has 3 atom stereocenters. The van der Waals surface area contributed by atoms with Crippen molar-refractivity contribution in [3.8, 4) is 5.75 Å². The lowest BCUT2D eigenvalue weighted by atomic mass is 9.53. The van der Waals surface area contributed by atoms with Crippen LogP contribution in [-0.2, 0) is 11.8 Å². The van der Waals surface area contributed by atoms with Crippen LogP contribution in [0.3, 0.4) is 0 Å². The molecule has 2 bridgehead atoms. The molecule has 0 unspecified atom stereocenters. The zero-order valence-corrected chi connectivity index (χ0v) is 14.0. The van der Waals surface area contributed by atoms with E-state index in [1.165, 1.54) is 56.1 Å². The van der Waals surface area contributed by atoms with Crippen molar-refractivity contribution in [2.45, 2.75) is 62.8 Å². The molecule has 2 aliphatic carbocycles. The lowest BCUT2D eigenvalue weighted by molar-refractivity contribution is 0.0796. The number of rotatable bonds is 1. The molecular weight excluding hydrogens is 284 g/mol. The predicted octanol–water partition coefficient (Wildman–Crippen LogP) is 3.34. The Morgan fingerprint density at radius 1 is 1.09 bits per heavy atom. The van der Waals surface area contributed by atoms with Gasteiger partial charge >= 0.3 is 0 Å². The largest absolute Gasteiger partial charge is 0.506 e. The number of aromatic hydroxyl groups is 1. The Balaban J connectivity index is 1.63. The molecule has 0 aromatic heterocycles. The summed E-state index contributed by atoms with van der Waals surface area (Å²) in [6.07, 6.45) is 10.4. The van der Waals surface area contributed by atoms with Crippen LogP contribution < -0.4 is 10.2 Å². The lowest BCUT2D eigenvalue weighted by Crippen LogP contribution is -2.59. The van der Waals surface area contributed by atoms with E-state index in [2.05, 4.69) is 22.3 Å². The summed E-state index contributed by atoms with van der Waals surface area (Å²) in [5.41, 5.74) is 4.45. The highest BCUT2D eigenvalue weighted by Gasteiger charge is 2.51. The van der Waals surface area contributed by atoms with E-state index in [0.717, 1.165) is 37.7 Å². The minimum absolute atomic E-state index is 0.350. The van der Waals surface area contributed by atoms with E-state index in [-0.39, 0.29) is 0 Å². The van der Waals surface area contributed by atoms with Crippen molar-refractivity contribution in [3.05, 3.63) is 23.3 Å². The second kappa shape index (κ2) is 5.14. The van der Waals surface area contributed by atoms with Crippen LogP contribution >= 0.6 is 0 Å². The van der Waals surface area contributed by atoms with Gasteiger partial charge in [-0.3, -0.25) is 0 Å². The number of anilines is 1. The van der Waals surface area contributed by atoms with Gasteiger partial charge in [0.2, 0.25) is 0 Å². The molecule has 2 heterocycles. The molecule has 1 aromatic carbocycles. The maximum absolute atomic E-state index is 10.8. The molecule has 1 saturated carbocycles. The minimum atomic E-state index is 0.350. The first-order valence-electron chi connectivity index (χ1n) is 9.63. The molecular formula is C20H28N2O. The fourth-order valence-corrected chi connectivity index (χ4v) is 6.17.